The number of carbonyl (C=O) groups excluding carboxylic acids is 2. The molecule has 0 bridgehead atoms. The van der Waals surface area contributed by atoms with Crippen molar-refractivity contribution in [2.24, 2.45) is 0 Å². The Kier molecular flexibility index (Phi) is 7.30. The lowest BCUT2D eigenvalue weighted by Gasteiger charge is -2.31. The third-order valence-corrected chi connectivity index (χ3v) is 4.38. The van der Waals surface area contributed by atoms with Crippen molar-refractivity contribution >= 4 is 29.4 Å². The van der Waals surface area contributed by atoms with Gasteiger partial charge >= 0.3 is 12.1 Å². The molecule has 7 nitrogen and oxygen atoms in total. The van der Waals surface area contributed by atoms with Crippen molar-refractivity contribution in [3.05, 3.63) is 23.0 Å². The van der Waals surface area contributed by atoms with E-state index in [1.807, 2.05) is 20.8 Å². The van der Waals surface area contributed by atoms with Crippen LogP contribution in [0.1, 0.15) is 63.7 Å². The SMILES string of the molecule is CCOC(=O)c1cnc(Cl)cc1N[C@H]1CC[C@@H](NC(=O)OC(C)(C)C)CC1. The maximum absolute atomic E-state index is 12.1. The zero-order chi connectivity index (χ0) is 20.0. The minimum absolute atomic E-state index is 0.0865. The van der Waals surface area contributed by atoms with E-state index in [1.54, 1.807) is 13.0 Å². The predicted molar refractivity (Wildman–Crippen MR) is 104 cm³/mol. The molecule has 0 unspecified atom stereocenters. The predicted octanol–water partition coefficient (Wildman–Crippen LogP) is 4.16. The van der Waals surface area contributed by atoms with Crippen LogP contribution in [0.4, 0.5) is 10.5 Å². The second-order valence-corrected chi connectivity index (χ2v) is 8.00. The summed E-state index contributed by atoms with van der Waals surface area (Å²) in [6, 6.07) is 1.90. The zero-order valence-electron chi connectivity index (χ0n) is 16.3. The number of alkyl carbamates (subject to hydrolysis) is 1. The highest BCUT2D eigenvalue weighted by Gasteiger charge is 2.26. The molecule has 0 spiro atoms. The van der Waals surface area contributed by atoms with E-state index in [-0.39, 0.29) is 18.2 Å². The largest absolute Gasteiger partial charge is 0.462 e. The summed E-state index contributed by atoms with van der Waals surface area (Å²) in [5, 5.41) is 6.60. The monoisotopic (exact) mass is 397 g/mol. The van der Waals surface area contributed by atoms with Crippen LogP contribution < -0.4 is 10.6 Å². The van der Waals surface area contributed by atoms with Gasteiger partial charge in [0.25, 0.3) is 0 Å². The third-order valence-electron chi connectivity index (χ3n) is 4.17. The number of pyridine rings is 1. The lowest BCUT2D eigenvalue weighted by Crippen LogP contribution is -2.42. The molecule has 0 aromatic carbocycles. The van der Waals surface area contributed by atoms with E-state index in [2.05, 4.69) is 15.6 Å². The van der Waals surface area contributed by atoms with Gasteiger partial charge in [0.15, 0.2) is 0 Å². The molecule has 1 heterocycles. The lowest BCUT2D eigenvalue weighted by atomic mass is 9.91. The van der Waals surface area contributed by atoms with Crippen LogP contribution in [-0.4, -0.2) is 41.3 Å². The van der Waals surface area contributed by atoms with Crippen molar-refractivity contribution in [1.82, 2.24) is 10.3 Å². The van der Waals surface area contributed by atoms with Crippen molar-refractivity contribution in [3.63, 3.8) is 0 Å². The van der Waals surface area contributed by atoms with Gasteiger partial charge in [0.1, 0.15) is 16.3 Å². The molecular formula is C19H28ClN3O4. The maximum atomic E-state index is 12.1. The molecule has 1 fully saturated rings. The molecule has 1 saturated carbocycles. The molecule has 1 aromatic heterocycles. The van der Waals surface area contributed by atoms with Crippen molar-refractivity contribution < 1.29 is 19.1 Å². The lowest BCUT2D eigenvalue weighted by molar-refractivity contribution is 0.0488. The van der Waals surface area contributed by atoms with E-state index >= 15 is 0 Å². The van der Waals surface area contributed by atoms with E-state index in [4.69, 9.17) is 21.1 Å². The van der Waals surface area contributed by atoms with Gasteiger partial charge in [-0.2, -0.15) is 0 Å². The van der Waals surface area contributed by atoms with Gasteiger partial charge < -0.3 is 20.1 Å². The third kappa shape index (κ3) is 6.90. The number of carbonyl (C=O) groups is 2. The molecule has 0 aliphatic heterocycles. The Morgan fingerprint density at radius 2 is 1.85 bits per heavy atom. The fraction of sp³-hybridized carbons (Fsp3) is 0.632. The van der Waals surface area contributed by atoms with Gasteiger partial charge in [0.2, 0.25) is 0 Å². The van der Waals surface area contributed by atoms with Gasteiger partial charge in [-0.3, -0.25) is 0 Å². The maximum Gasteiger partial charge on any atom is 0.407 e. The molecule has 0 saturated heterocycles. The van der Waals surface area contributed by atoms with E-state index in [0.717, 1.165) is 25.7 Å². The second kappa shape index (κ2) is 9.26. The number of ether oxygens (including phenoxy) is 2. The van der Waals surface area contributed by atoms with E-state index in [9.17, 15) is 9.59 Å². The highest BCUT2D eigenvalue weighted by atomic mass is 35.5. The number of aromatic nitrogens is 1. The molecule has 8 heteroatoms. The van der Waals surface area contributed by atoms with Crippen LogP contribution in [-0.2, 0) is 9.47 Å². The standard InChI is InChI=1S/C19H28ClN3O4/c1-5-26-17(24)14-11-21-16(20)10-15(14)22-12-6-8-13(9-7-12)23-18(25)27-19(2,3)4/h10-13H,5-9H2,1-4H3,(H,21,22)(H,23,25)/t12-,13+. The van der Waals surface area contributed by atoms with E-state index < -0.39 is 11.6 Å². The summed E-state index contributed by atoms with van der Waals surface area (Å²) in [4.78, 5) is 28.0. The number of nitrogens with one attached hydrogen (secondary N) is 2. The van der Waals surface area contributed by atoms with Crippen molar-refractivity contribution in [3.8, 4) is 0 Å². The molecular weight excluding hydrogens is 370 g/mol. The van der Waals surface area contributed by atoms with Crippen LogP contribution in [0.5, 0.6) is 0 Å². The van der Waals surface area contributed by atoms with Gasteiger partial charge in [-0.15, -0.1) is 0 Å². The first-order valence-electron chi connectivity index (χ1n) is 9.26. The van der Waals surface area contributed by atoms with Crippen LogP contribution >= 0.6 is 11.6 Å². The molecule has 0 radical (unpaired) electrons. The van der Waals surface area contributed by atoms with Gasteiger partial charge in [0, 0.05) is 18.3 Å². The smallest absolute Gasteiger partial charge is 0.407 e. The summed E-state index contributed by atoms with van der Waals surface area (Å²) in [5.74, 6) is -0.426. The average Bonchev–Trinajstić information content (AvgIpc) is 2.55. The first-order valence-corrected chi connectivity index (χ1v) is 9.64. The van der Waals surface area contributed by atoms with Gasteiger partial charge in [-0.1, -0.05) is 11.6 Å². The molecule has 1 aromatic rings. The first kappa shape index (κ1) is 21.3. The molecule has 0 atom stereocenters. The van der Waals surface area contributed by atoms with Gasteiger partial charge in [0.05, 0.1) is 12.3 Å². The Morgan fingerprint density at radius 3 is 2.44 bits per heavy atom. The van der Waals surface area contributed by atoms with E-state index in [0.29, 0.717) is 23.0 Å². The normalized spacial score (nSPS) is 19.9. The second-order valence-electron chi connectivity index (χ2n) is 7.61. The number of esters is 1. The summed E-state index contributed by atoms with van der Waals surface area (Å²) in [5.41, 5.74) is 0.486. The Balaban J connectivity index is 1.91. The fourth-order valence-electron chi connectivity index (χ4n) is 3.00. The number of anilines is 1. The Hall–Kier alpha value is -2.02. The Labute approximate surface area is 165 Å². The topological polar surface area (TPSA) is 89.5 Å². The highest BCUT2D eigenvalue weighted by Crippen LogP contribution is 2.26. The first-order chi connectivity index (χ1) is 12.7. The number of rotatable bonds is 5. The molecule has 2 rings (SSSR count). The summed E-state index contributed by atoms with van der Waals surface area (Å²) in [6.07, 6.45) is 4.39. The molecule has 27 heavy (non-hydrogen) atoms. The van der Waals surface area contributed by atoms with Crippen LogP contribution in [0.15, 0.2) is 12.3 Å². The summed E-state index contributed by atoms with van der Waals surface area (Å²) >= 11 is 5.98. The molecule has 150 valence electrons. The Bertz CT molecular complexity index is 667. The number of hydrogen-bond donors (Lipinski definition) is 2. The average molecular weight is 398 g/mol. The van der Waals surface area contributed by atoms with Gasteiger partial charge in [-0.25, -0.2) is 14.6 Å². The molecule has 1 aliphatic carbocycles. The zero-order valence-corrected chi connectivity index (χ0v) is 17.1. The number of amides is 1. The van der Waals surface area contributed by atoms with Crippen molar-refractivity contribution in [2.75, 3.05) is 11.9 Å². The fourth-order valence-corrected chi connectivity index (χ4v) is 3.15. The van der Waals surface area contributed by atoms with Gasteiger partial charge in [-0.05, 0) is 59.4 Å². The number of hydrogen-bond acceptors (Lipinski definition) is 6. The van der Waals surface area contributed by atoms with Crippen molar-refractivity contribution in [2.45, 2.75) is 71.1 Å². The van der Waals surface area contributed by atoms with Crippen molar-refractivity contribution in [1.29, 1.82) is 0 Å². The Morgan fingerprint density at radius 1 is 1.22 bits per heavy atom. The minimum Gasteiger partial charge on any atom is -0.462 e. The highest BCUT2D eigenvalue weighted by molar-refractivity contribution is 6.29. The quantitative estimate of drug-likeness (QED) is 0.572. The van der Waals surface area contributed by atoms with Crippen LogP contribution in [0.3, 0.4) is 0 Å². The van der Waals surface area contributed by atoms with Crippen LogP contribution in [0.2, 0.25) is 5.15 Å². The summed E-state index contributed by atoms with van der Waals surface area (Å²) in [7, 11) is 0. The number of nitrogens with zero attached hydrogens (tertiary/aromatic N) is 1. The molecule has 1 aliphatic rings. The summed E-state index contributed by atoms with van der Waals surface area (Å²) < 4.78 is 10.4. The van der Waals surface area contributed by atoms with E-state index in [1.165, 1.54) is 6.20 Å². The molecule has 1 amide bonds. The minimum atomic E-state index is -0.507. The number of halogens is 1. The van der Waals surface area contributed by atoms with Crippen LogP contribution in [0, 0.1) is 0 Å². The summed E-state index contributed by atoms with van der Waals surface area (Å²) in [6.45, 7) is 7.58. The van der Waals surface area contributed by atoms with Crippen LogP contribution in [0.25, 0.3) is 0 Å². The molecule has 2 N–H and O–H groups in total.